The summed E-state index contributed by atoms with van der Waals surface area (Å²) in [7, 11) is -3.28. The third kappa shape index (κ3) is 6.38. The zero-order valence-electron chi connectivity index (χ0n) is 11.1. The van der Waals surface area contributed by atoms with Crippen molar-refractivity contribution >= 4 is 10.0 Å². The Labute approximate surface area is 106 Å². The van der Waals surface area contributed by atoms with Crippen LogP contribution in [0.4, 0.5) is 0 Å². The van der Waals surface area contributed by atoms with Crippen LogP contribution < -0.4 is 5.14 Å². The van der Waals surface area contributed by atoms with E-state index in [-0.39, 0.29) is 5.75 Å². The first-order valence-electron chi connectivity index (χ1n) is 6.61. The molecular weight excluding hydrogens is 236 g/mol. The Bertz CT molecular complexity index is 314. The second kappa shape index (κ2) is 6.71. The number of likely N-dealkylation sites (tertiary alicyclic amines) is 1. The molecule has 0 aromatic carbocycles. The molecule has 4 nitrogen and oxygen atoms in total. The van der Waals surface area contributed by atoms with Gasteiger partial charge in [0.15, 0.2) is 0 Å². The Morgan fingerprint density at radius 1 is 1.29 bits per heavy atom. The van der Waals surface area contributed by atoms with E-state index in [0.717, 1.165) is 31.5 Å². The summed E-state index contributed by atoms with van der Waals surface area (Å²) < 4.78 is 21.7. The highest BCUT2D eigenvalue weighted by Crippen LogP contribution is 2.24. The highest BCUT2D eigenvalue weighted by molar-refractivity contribution is 7.89. The van der Waals surface area contributed by atoms with Gasteiger partial charge in [0.25, 0.3) is 0 Å². The molecule has 1 rings (SSSR count). The van der Waals surface area contributed by atoms with E-state index >= 15 is 0 Å². The van der Waals surface area contributed by atoms with Crippen LogP contribution in [0.5, 0.6) is 0 Å². The van der Waals surface area contributed by atoms with E-state index < -0.39 is 10.0 Å². The number of nitrogens with two attached hydrogens (primary N) is 1. The van der Waals surface area contributed by atoms with Gasteiger partial charge in [-0.15, -0.1) is 0 Å². The van der Waals surface area contributed by atoms with Crippen molar-refractivity contribution in [2.45, 2.75) is 39.5 Å². The molecule has 102 valence electrons. The third-order valence-electron chi connectivity index (χ3n) is 3.71. The van der Waals surface area contributed by atoms with Crippen LogP contribution in [-0.4, -0.2) is 38.7 Å². The lowest BCUT2D eigenvalue weighted by Crippen LogP contribution is -2.28. The number of hydrogen-bond acceptors (Lipinski definition) is 3. The predicted molar refractivity (Wildman–Crippen MR) is 71.2 cm³/mol. The van der Waals surface area contributed by atoms with Crippen molar-refractivity contribution in [1.29, 1.82) is 0 Å². The van der Waals surface area contributed by atoms with Crippen LogP contribution in [-0.2, 0) is 10.0 Å². The van der Waals surface area contributed by atoms with Crippen molar-refractivity contribution in [1.82, 2.24) is 4.90 Å². The summed E-state index contributed by atoms with van der Waals surface area (Å²) in [6, 6.07) is 0. The fourth-order valence-electron chi connectivity index (χ4n) is 2.56. The largest absolute Gasteiger partial charge is 0.303 e. The molecule has 1 aliphatic heterocycles. The summed E-state index contributed by atoms with van der Waals surface area (Å²) in [6.45, 7) is 7.66. The predicted octanol–water partition coefficient (Wildman–Crippen LogP) is 1.42. The lowest BCUT2D eigenvalue weighted by molar-refractivity contribution is 0.273. The smallest absolute Gasteiger partial charge is 0.209 e. The van der Waals surface area contributed by atoms with E-state index in [4.69, 9.17) is 5.14 Å². The fraction of sp³-hybridized carbons (Fsp3) is 1.00. The summed E-state index contributed by atoms with van der Waals surface area (Å²) in [6.07, 6.45) is 4.44. The molecule has 0 aromatic heterocycles. The molecule has 0 aliphatic carbocycles. The van der Waals surface area contributed by atoms with Gasteiger partial charge in [0, 0.05) is 0 Å². The van der Waals surface area contributed by atoms with Crippen molar-refractivity contribution in [3.05, 3.63) is 0 Å². The Kier molecular flexibility index (Phi) is 5.89. The second-order valence-electron chi connectivity index (χ2n) is 5.50. The Balaban J connectivity index is 2.27. The quantitative estimate of drug-likeness (QED) is 0.815. The molecule has 1 aliphatic rings. The molecule has 1 fully saturated rings. The normalized spacial score (nSPS) is 23.9. The highest BCUT2D eigenvalue weighted by Gasteiger charge is 2.19. The minimum Gasteiger partial charge on any atom is -0.303 e. The molecule has 17 heavy (non-hydrogen) atoms. The van der Waals surface area contributed by atoms with Crippen molar-refractivity contribution in [3.8, 4) is 0 Å². The highest BCUT2D eigenvalue weighted by atomic mass is 32.2. The van der Waals surface area contributed by atoms with Crippen LogP contribution in [0.3, 0.4) is 0 Å². The molecule has 0 radical (unpaired) electrons. The maximum absolute atomic E-state index is 10.8. The van der Waals surface area contributed by atoms with Gasteiger partial charge in [-0.05, 0) is 57.2 Å². The van der Waals surface area contributed by atoms with Crippen molar-refractivity contribution in [2.75, 3.05) is 25.4 Å². The molecule has 1 saturated heterocycles. The lowest BCUT2D eigenvalue weighted by Gasteiger charge is -2.20. The molecule has 0 aromatic rings. The number of hydrogen-bond donors (Lipinski definition) is 1. The zero-order valence-corrected chi connectivity index (χ0v) is 11.9. The van der Waals surface area contributed by atoms with E-state index in [1.54, 1.807) is 0 Å². The van der Waals surface area contributed by atoms with E-state index in [1.165, 1.54) is 19.3 Å². The van der Waals surface area contributed by atoms with Gasteiger partial charge in [0.2, 0.25) is 10.0 Å². The molecule has 0 bridgehead atoms. The standard InChI is InChI=1S/C12H26N2O2S/c1-11(2)12-5-3-7-14(9-6-12)8-4-10-17(13,15)16/h11-12H,3-10H2,1-2H3,(H2,13,15,16). The molecule has 1 heterocycles. The van der Waals surface area contributed by atoms with Crippen LogP contribution in [0, 0.1) is 11.8 Å². The van der Waals surface area contributed by atoms with Crippen molar-refractivity contribution in [2.24, 2.45) is 17.0 Å². The van der Waals surface area contributed by atoms with Crippen LogP contribution in [0.2, 0.25) is 0 Å². The van der Waals surface area contributed by atoms with Crippen LogP contribution in [0.1, 0.15) is 39.5 Å². The topological polar surface area (TPSA) is 63.4 Å². The van der Waals surface area contributed by atoms with Crippen LogP contribution in [0.25, 0.3) is 0 Å². The molecule has 0 spiro atoms. The maximum atomic E-state index is 10.8. The number of rotatable bonds is 5. The van der Waals surface area contributed by atoms with E-state index in [9.17, 15) is 8.42 Å². The molecule has 1 atom stereocenters. The van der Waals surface area contributed by atoms with Gasteiger partial charge in [-0.25, -0.2) is 13.6 Å². The van der Waals surface area contributed by atoms with Gasteiger partial charge in [-0.1, -0.05) is 13.8 Å². The zero-order chi connectivity index (χ0) is 12.9. The monoisotopic (exact) mass is 262 g/mol. The summed E-state index contributed by atoms with van der Waals surface area (Å²) >= 11 is 0. The first-order valence-corrected chi connectivity index (χ1v) is 8.33. The minimum absolute atomic E-state index is 0.108. The van der Waals surface area contributed by atoms with Gasteiger partial charge in [-0.2, -0.15) is 0 Å². The molecule has 0 amide bonds. The Morgan fingerprint density at radius 2 is 2.00 bits per heavy atom. The first-order chi connectivity index (χ1) is 7.88. The van der Waals surface area contributed by atoms with Gasteiger partial charge in [-0.3, -0.25) is 0 Å². The van der Waals surface area contributed by atoms with E-state index in [1.807, 2.05) is 0 Å². The summed E-state index contributed by atoms with van der Waals surface area (Å²) in [4.78, 5) is 2.38. The van der Waals surface area contributed by atoms with E-state index in [2.05, 4.69) is 18.7 Å². The maximum Gasteiger partial charge on any atom is 0.209 e. The summed E-state index contributed by atoms with van der Waals surface area (Å²) in [5, 5.41) is 5.00. The van der Waals surface area contributed by atoms with Crippen molar-refractivity contribution in [3.63, 3.8) is 0 Å². The number of primary sulfonamides is 1. The average molecular weight is 262 g/mol. The summed E-state index contributed by atoms with van der Waals surface area (Å²) in [5.41, 5.74) is 0. The summed E-state index contributed by atoms with van der Waals surface area (Å²) in [5.74, 6) is 1.70. The molecule has 1 unspecified atom stereocenters. The minimum atomic E-state index is -3.28. The average Bonchev–Trinajstić information content (AvgIpc) is 2.41. The molecule has 0 saturated carbocycles. The number of sulfonamides is 1. The van der Waals surface area contributed by atoms with Crippen LogP contribution >= 0.6 is 0 Å². The molecule has 5 heteroatoms. The van der Waals surface area contributed by atoms with Gasteiger partial charge in [0.1, 0.15) is 0 Å². The Morgan fingerprint density at radius 3 is 2.59 bits per heavy atom. The van der Waals surface area contributed by atoms with Gasteiger partial charge >= 0.3 is 0 Å². The molecule has 2 N–H and O–H groups in total. The SMILES string of the molecule is CC(C)C1CCCN(CCCS(N)(=O)=O)CC1. The lowest BCUT2D eigenvalue weighted by atomic mass is 9.89. The third-order valence-corrected chi connectivity index (χ3v) is 4.57. The van der Waals surface area contributed by atoms with E-state index in [0.29, 0.717) is 6.42 Å². The Hall–Kier alpha value is -0.130. The first kappa shape index (κ1) is 14.9. The second-order valence-corrected chi connectivity index (χ2v) is 7.23. The van der Waals surface area contributed by atoms with Gasteiger partial charge in [0.05, 0.1) is 5.75 Å². The molecular formula is C12H26N2O2S. The van der Waals surface area contributed by atoms with Crippen molar-refractivity contribution < 1.29 is 8.42 Å². The fourth-order valence-corrected chi connectivity index (χ4v) is 3.09. The number of nitrogens with zero attached hydrogens (tertiary/aromatic N) is 1. The van der Waals surface area contributed by atoms with Gasteiger partial charge < -0.3 is 4.90 Å². The van der Waals surface area contributed by atoms with Crippen LogP contribution in [0.15, 0.2) is 0 Å².